The summed E-state index contributed by atoms with van der Waals surface area (Å²) in [6, 6.07) is 0.244. The van der Waals surface area contributed by atoms with Gasteiger partial charge in [0.1, 0.15) is 0 Å². The molecule has 0 radical (unpaired) electrons. The van der Waals surface area contributed by atoms with Crippen LogP contribution < -0.4 is 5.69 Å². The van der Waals surface area contributed by atoms with Crippen LogP contribution in [0.15, 0.2) is 4.79 Å². The molecule has 2 rings (SSSR count). The molecule has 0 bridgehead atoms. The minimum Gasteiger partial charge on any atom is -0.245 e. The first-order valence-electron chi connectivity index (χ1n) is 3.61. The van der Waals surface area contributed by atoms with Crippen LogP contribution in [-0.4, -0.2) is 20.2 Å². The quantitative estimate of drug-likeness (QED) is 0.616. The van der Waals surface area contributed by atoms with E-state index < -0.39 is 0 Å². The lowest BCUT2D eigenvalue weighted by Crippen LogP contribution is -2.18. The second-order valence-electron chi connectivity index (χ2n) is 3.66. The number of hydrogen-bond donors (Lipinski definition) is 1. The maximum atomic E-state index is 11.0. The van der Waals surface area contributed by atoms with Crippen molar-refractivity contribution in [2.24, 2.45) is 5.41 Å². The molecular weight excluding hydrogens is 144 g/mol. The predicted octanol–water partition coefficient (Wildman–Crippen LogP) is -0.0626. The molecular formula is C6H10N4O. The van der Waals surface area contributed by atoms with Crippen LogP contribution in [0.2, 0.25) is 0 Å². The maximum Gasteiger partial charge on any atom is 0.361 e. The standard InChI is InChI=1S/C6H10N4O/c1-6(2)3-4(6)10-5(11)7-8-9-10/h4H,3H2,1-2H3,(H,7,9,11). The van der Waals surface area contributed by atoms with Crippen LogP contribution in [0.5, 0.6) is 0 Å². The molecule has 5 nitrogen and oxygen atoms in total. The molecule has 60 valence electrons. The Morgan fingerprint density at radius 3 is 2.73 bits per heavy atom. The van der Waals surface area contributed by atoms with E-state index in [1.165, 1.54) is 4.68 Å². The van der Waals surface area contributed by atoms with Crippen molar-refractivity contribution in [3.05, 3.63) is 10.5 Å². The van der Waals surface area contributed by atoms with Crippen LogP contribution in [0.4, 0.5) is 0 Å². The number of H-pyrrole nitrogens is 1. The highest BCUT2D eigenvalue weighted by Crippen LogP contribution is 2.54. The first-order chi connectivity index (χ1) is 5.11. The summed E-state index contributed by atoms with van der Waals surface area (Å²) in [6.45, 7) is 4.22. The van der Waals surface area contributed by atoms with E-state index in [4.69, 9.17) is 0 Å². The smallest absolute Gasteiger partial charge is 0.245 e. The van der Waals surface area contributed by atoms with Crippen molar-refractivity contribution in [1.82, 2.24) is 20.2 Å². The highest BCUT2D eigenvalue weighted by Gasteiger charge is 2.48. The average molecular weight is 154 g/mol. The van der Waals surface area contributed by atoms with E-state index in [0.29, 0.717) is 0 Å². The zero-order valence-electron chi connectivity index (χ0n) is 6.53. The predicted molar refractivity (Wildman–Crippen MR) is 38.1 cm³/mol. The van der Waals surface area contributed by atoms with Crippen molar-refractivity contribution in [2.45, 2.75) is 26.3 Å². The molecule has 0 aromatic carbocycles. The van der Waals surface area contributed by atoms with Crippen molar-refractivity contribution in [3.8, 4) is 0 Å². The number of aromatic nitrogens is 4. The summed E-state index contributed by atoms with van der Waals surface area (Å²) in [4.78, 5) is 11.0. The summed E-state index contributed by atoms with van der Waals surface area (Å²) in [7, 11) is 0. The third-order valence-corrected chi connectivity index (χ3v) is 2.25. The minimum atomic E-state index is -0.208. The van der Waals surface area contributed by atoms with Crippen LogP contribution in [0.25, 0.3) is 0 Å². The van der Waals surface area contributed by atoms with Gasteiger partial charge in [-0.1, -0.05) is 13.8 Å². The lowest BCUT2D eigenvalue weighted by Gasteiger charge is -1.98. The van der Waals surface area contributed by atoms with Gasteiger partial charge < -0.3 is 0 Å². The second kappa shape index (κ2) is 1.72. The molecule has 1 saturated carbocycles. The molecule has 0 aliphatic heterocycles. The average Bonchev–Trinajstić information content (AvgIpc) is 2.38. The molecule has 1 aliphatic carbocycles. The first-order valence-corrected chi connectivity index (χ1v) is 3.61. The van der Waals surface area contributed by atoms with Crippen LogP contribution in [0.3, 0.4) is 0 Å². The van der Waals surface area contributed by atoms with Gasteiger partial charge in [0, 0.05) is 0 Å². The third kappa shape index (κ3) is 0.875. The molecule has 1 heterocycles. The van der Waals surface area contributed by atoms with E-state index >= 15 is 0 Å². The van der Waals surface area contributed by atoms with E-state index in [1.54, 1.807) is 0 Å². The third-order valence-electron chi connectivity index (χ3n) is 2.25. The molecule has 1 N–H and O–H groups in total. The number of hydrogen-bond acceptors (Lipinski definition) is 3. The monoisotopic (exact) mass is 154 g/mol. The molecule has 0 spiro atoms. The zero-order chi connectivity index (χ0) is 8.06. The maximum absolute atomic E-state index is 11.0. The zero-order valence-corrected chi connectivity index (χ0v) is 6.53. The molecule has 1 fully saturated rings. The Morgan fingerprint density at radius 1 is 1.73 bits per heavy atom. The molecule has 1 aromatic rings. The van der Waals surface area contributed by atoms with Gasteiger partial charge in [-0.2, -0.15) is 4.68 Å². The van der Waals surface area contributed by atoms with Crippen molar-refractivity contribution >= 4 is 0 Å². The number of tetrazole rings is 1. The second-order valence-corrected chi connectivity index (χ2v) is 3.66. The van der Waals surface area contributed by atoms with Crippen LogP contribution >= 0.6 is 0 Å². The van der Waals surface area contributed by atoms with Crippen LogP contribution in [0, 0.1) is 5.41 Å². The lowest BCUT2D eigenvalue weighted by atomic mass is 10.2. The lowest BCUT2D eigenvalue weighted by molar-refractivity contribution is 0.484. The van der Waals surface area contributed by atoms with Gasteiger partial charge in [0.25, 0.3) is 0 Å². The van der Waals surface area contributed by atoms with Gasteiger partial charge in [0.2, 0.25) is 0 Å². The minimum absolute atomic E-state index is 0.208. The Bertz CT molecular complexity index is 323. The molecule has 1 unspecified atom stereocenters. The summed E-state index contributed by atoms with van der Waals surface area (Å²) in [5.41, 5.74) is 0.0151. The van der Waals surface area contributed by atoms with E-state index in [0.717, 1.165) is 6.42 Å². The number of aromatic amines is 1. The fourth-order valence-electron chi connectivity index (χ4n) is 1.27. The van der Waals surface area contributed by atoms with E-state index in [1.807, 2.05) is 0 Å². The SMILES string of the molecule is CC1(C)CC1n1nn[nH]c1=O. The summed E-state index contributed by atoms with van der Waals surface area (Å²) in [6.07, 6.45) is 1.01. The van der Waals surface area contributed by atoms with Crippen molar-refractivity contribution < 1.29 is 0 Å². The highest BCUT2D eigenvalue weighted by molar-refractivity contribution is 4.98. The van der Waals surface area contributed by atoms with Gasteiger partial charge in [-0.05, 0) is 22.3 Å². The largest absolute Gasteiger partial charge is 0.361 e. The number of nitrogens with one attached hydrogen (secondary N) is 1. The summed E-state index contributed by atoms with van der Waals surface area (Å²) >= 11 is 0. The summed E-state index contributed by atoms with van der Waals surface area (Å²) < 4.78 is 1.42. The Balaban J connectivity index is 2.34. The first kappa shape index (κ1) is 6.57. The Hall–Kier alpha value is -1.13. The van der Waals surface area contributed by atoms with E-state index in [-0.39, 0.29) is 17.1 Å². The number of nitrogens with zero attached hydrogens (tertiary/aromatic N) is 3. The van der Waals surface area contributed by atoms with Gasteiger partial charge in [-0.15, -0.1) is 0 Å². The van der Waals surface area contributed by atoms with Gasteiger partial charge in [-0.3, -0.25) is 0 Å². The van der Waals surface area contributed by atoms with Gasteiger partial charge in [0.05, 0.1) is 6.04 Å². The van der Waals surface area contributed by atoms with Crippen LogP contribution in [-0.2, 0) is 0 Å². The van der Waals surface area contributed by atoms with Gasteiger partial charge >= 0.3 is 5.69 Å². The fourth-order valence-corrected chi connectivity index (χ4v) is 1.27. The van der Waals surface area contributed by atoms with Crippen molar-refractivity contribution in [1.29, 1.82) is 0 Å². The molecule has 0 saturated heterocycles. The fraction of sp³-hybridized carbons (Fsp3) is 0.833. The Kier molecular flexibility index (Phi) is 1.03. The number of rotatable bonds is 1. The van der Waals surface area contributed by atoms with Crippen molar-refractivity contribution in [3.63, 3.8) is 0 Å². The van der Waals surface area contributed by atoms with E-state index in [2.05, 4.69) is 29.4 Å². The normalized spacial score (nSPS) is 26.9. The van der Waals surface area contributed by atoms with Gasteiger partial charge in [0.15, 0.2) is 0 Å². The van der Waals surface area contributed by atoms with E-state index in [9.17, 15) is 4.79 Å². The topological polar surface area (TPSA) is 63.6 Å². The Morgan fingerprint density at radius 2 is 2.36 bits per heavy atom. The Labute approximate surface area is 63.4 Å². The molecule has 5 heteroatoms. The summed E-state index contributed by atoms with van der Waals surface area (Å²) in [5.74, 6) is 0. The molecule has 1 atom stereocenters. The highest BCUT2D eigenvalue weighted by atomic mass is 16.2. The van der Waals surface area contributed by atoms with Crippen molar-refractivity contribution in [2.75, 3.05) is 0 Å². The molecule has 1 aliphatic rings. The van der Waals surface area contributed by atoms with Crippen LogP contribution in [0.1, 0.15) is 26.3 Å². The molecule has 0 amide bonds. The summed E-state index contributed by atoms with van der Waals surface area (Å²) in [5, 5.41) is 9.37. The van der Waals surface area contributed by atoms with Gasteiger partial charge in [-0.25, -0.2) is 9.89 Å². The molecule has 1 aromatic heterocycles. The molecule has 11 heavy (non-hydrogen) atoms.